The van der Waals surface area contributed by atoms with E-state index in [1.807, 2.05) is 0 Å². The van der Waals surface area contributed by atoms with E-state index in [1.165, 1.54) is 32.1 Å². The lowest BCUT2D eigenvalue weighted by Crippen LogP contribution is -2.57. The van der Waals surface area contributed by atoms with Crippen LogP contribution in [0.25, 0.3) is 0 Å². The van der Waals surface area contributed by atoms with Crippen molar-refractivity contribution in [1.29, 1.82) is 0 Å². The Kier molecular flexibility index (Phi) is 2.95. The molecule has 4 rings (SSSR count). The quantitative estimate of drug-likeness (QED) is 0.604. The molecule has 2 saturated carbocycles. The van der Waals surface area contributed by atoms with Crippen LogP contribution in [0.1, 0.15) is 66.2 Å². The molecule has 0 N–H and O–H groups in total. The van der Waals surface area contributed by atoms with Crippen molar-refractivity contribution in [3.63, 3.8) is 0 Å². The molecule has 4 aliphatic rings. The van der Waals surface area contributed by atoms with E-state index in [0.717, 1.165) is 17.9 Å². The van der Waals surface area contributed by atoms with E-state index in [2.05, 4.69) is 33.8 Å². The monoisotopic (exact) mass is 302 g/mol. The highest BCUT2D eigenvalue weighted by Crippen LogP contribution is 2.68. The Morgan fingerprint density at radius 1 is 1.05 bits per heavy atom. The highest BCUT2D eigenvalue weighted by Gasteiger charge is 2.62. The van der Waals surface area contributed by atoms with Crippen LogP contribution in [0.2, 0.25) is 0 Å². The minimum Gasteiger partial charge on any atom is -0.462 e. The molecule has 22 heavy (non-hydrogen) atoms. The van der Waals surface area contributed by atoms with E-state index in [0.29, 0.717) is 29.3 Å². The van der Waals surface area contributed by atoms with Gasteiger partial charge in [0.1, 0.15) is 0 Å². The van der Waals surface area contributed by atoms with Crippen LogP contribution < -0.4 is 0 Å². The first-order chi connectivity index (χ1) is 10.3. The van der Waals surface area contributed by atoms with Gasteiger partial charge in [-0.2, -0.15) is 0 Å². The number of ether oxygens (including phenoxy) is 1. The fraction of sp³-hybridized carbons (Fsp3) is 0.850. The van der Waals surface area contributed by atoms with Crippen LogP contribution in [0.3, 0.4) is 0 Å². The molecule has 0 spiro atoms. The summed E-state index contributed by atoms with van der Waals surface area (Å²) in [5.74, 6) is 1.85. The molecule has 5 atom stereocenters. The van der Waals surface area contributed by atoms with Crippen molar-refractivity contribution in [3.8, 4) is 0 Å². The van der Waals surface area contributed by atoms with Crippen LogP contribution >= 0.6 is 0 Å². The number of esters is 1. The van der Waals surface area contributed by atoms with Crippen LogP contribution in [-0.4, -0.2) is 12.6 Å². The van der Waals surface area contributed by atoms with Gasteiger partial charge in [-0.15, -0.1) is 0 Å². The summed E-state index contributed by atoms with van der Waals surface area (Å²) in [4.78, 5) is 12.0. The second-order valence-electron chi connectivity index (χ2n) is 9.54. The maximum atomic E-state index is 12.0. The number of carbonyl (C=O) groups is 1. The fourth-order valence-electron chi connectivity index (χ4n) is 7.13. The summed E-state index contributed by atoms with van der Waals surface area (Å²) in [7, 11) is 0. The number of allylic oxidation sites excluding steroid dienone is 1. The number of cyclic esters (lactones) is 1. The first kappa shape index (κ1) is 14.8. The minimum absolute atomic E-state index is 0.0408. The van der Waals surface area contributed by atoms with Crippen molar-refractivity contribution >= 4 is 5.97 Å². The molecule has 1 aliphatic heterocycles. The Hall–Kier alpha value is -0.790. The molecule has 2 heteroatoms. The fourth-order valence-corrected chi connectivity index (χ4v) is 7.13. The average Bonchev–Trinajstić information content (AvgIpc) is 2.80. The van der Waals surface area contributed by atoms with Crippen LogP contribution in [0, 0.1) is 34.0 Å². The summed E-state index contributed by atoms with van der Waals surface area (Å²) in [5, 5.41) is 0. The third-order valence-electron chi connectivity index (χ3n) is 8.20. The molecule has 1 heterocycles. The molecular formula is C20H30O2. The average molecular weight is 302 g/mol. The lowest BCUT2D eigenvalue weighted by molar-refractivity contribution is -0.145. The zero-order chi connectivity index (χ0) is 15.8. The molecule has 0 aromatic heterocycles. The van der Waals surface area contributed by atoms with Crippen molar-refractivity contribution in [2.75, 3.05) is 6.61 Å². The summed E-state index contributed by atoms with van der Waals surface area (Å²) >= 11 is 0. The number of hydrogen-bond acceptors (Lipinski definition) is 2. The molecule has 3 fully saturated rings. The van der Waals surface area contributed by atoms with E-state index >= 15 is 0 Å². The second-order valence-corrected chi connectivity index (χ2v) is 9.54. The molecule has 0 amide bonds. The minimum atomic E-state index is -0.0408. The third-order valence-corrected chi connectivity index (χ3v) is 8.20. The summed E-state index contributed by atoms with van der Waals surface area (Å²) < 4.78 is 5.42. The van der Waals surface area contributed by atoms with Gasteiger partial charge in [-0.25, -0.2) is 4.79 Å². The lowest BCUT2D eigenvalue weighted by atomic mass is 9.40. The summed E-state index contributed by atoms with van der Waals surface area (Å²) in [6.45, 7) is 10.6. The lowest BCUT2D eigenvalue weighted by Gasteiger charge is -2.64. The molecule has 0 radical (unpaired) electrons. The van der Waals surface area contributed by atoms with E-state index in [-0.39, 0.29) is 11.4 Å². The number of hydrogen-bond donors (Lipinski definition) is 0. The van der Waals surface area contributed by atoms with Crippen molar-refractivity contribution in [3.05, 3.63) is 11.6 Å². The Bertz CT molecular complexity index is 546. The number of rotatable bonds is 0. The van der Waals surface area contributed by atoms with Gasteiger partial charge in [-0.05, 0) is 60.2 Å². The van der Waals surface area contributed by atoms with Gasteiger partial charge in [-0.3, -0.25) is 0 Å². The zero-order valence-electron chi connectivity index (χ0n) is 14.6. The maximum Gasteiger partial charge on any atom is 0.334 e. The summed E-state index contributed by atoms with van der Waals surface area (Å²) in [5.41, 5.74) is 2.16. The molecule has 2 nitrogen and oxygen atoms in total. The molecule has 1 saturated heterocycles. The van der Waals surface area contributed by atoms with Crippen LogP contribution in [0.15, 0.2) is 11.6 Å². The first-order valence-electron chi connectivity index (χ1n) is 9.16. The van der Waals surface area contributed by atoms with Gasteiger partial charge < -0.3 is 4.74 Å². The predicted molar refractivity (Wildman–Crippen MR) is 87.2 cm³/mol. The van der Waals surface area contributed by atoms with Crippen molar-refractivity contribution in [2.45, 2.75) is 66.2 Å². The van der Waals surface area contributed by atoms with Gasteiger partial charge in [0.2, 0.25) is 0 Å². The number of fused-ring (bicyclic) bond motifs is 5. The van der Waals surface area contributed by atoms with Gasteiger partial charge in [0.05, 0.1) is 6.61 Å². The standard InChI is InChI=1S/C20H30O2/c1-18(2)9-5-10-20(4)15(18)8-11-19(3)14-12-22-17(21)13(14)6-7-16(19)20/h6,14-16H,5,7-12H2,1-4H3/t14-,15+,16?,19+,20+/m1/s1. The van der Waals surface area contributed by atoms with E-state index in [1.54, 1.807) is 0 Å². The van der Waals surface area contributed by atoms with Crippen molar-refractivity contribution in [1.82, 2.24) is 0 Å². The molecule has 1 unspecified atom stereocenters. The highest BCUT2D eigenvalue weighted by molar-refractivity contribution is 5.91. The van der Waals surface area contributed by atoms with Gasteiger partial charge in [-0.1, -0.05) is 40.2 Å². The normalized spacial score (nSPS) is 49.5. The Morgan fingerprint density at radius 3 is 2.59 bits per heavy atom. The summed E-state index contributed by atoms with van der Waals surface area (Å²) in [6.07, 6.45) is 10.0. The molecule has 0 aromatic rings. The first-order valence-corrected chi connectivity index (χ1v) is 9.16. The third kappa shape index (κ3) is 1.70. The smallest absolute Gasteiger partial charge is 0.334 e. The van der Waals surface area contributed by atoms with Crippen LogP contribution in [0.4, 0.5) is 0 Å². The second kappa shape index (κ2) is 4.39. The Morgan fingerprint density at radius 2 is 1.82 bits per heavy atom. The van der Waals surface area contributed by atoms with Gasteiger partial charge in [0.15, 0.2) is 0 Å². The largest absolute Gasteiger partial charge is 0.462 e. The van der Waals surface area contributed by atoms with Gasteiger partial charge >= 0.3 is 5.97 Å². The Labute approximate surface area is 134 Å². The zero-order valence-corrected chi connectivity index (χ0v) is 14.6. The van der Waals surface area contributed by atoms with Crippen molar-refractivity contribution < 1.29 is 9.53 Å². The van der Waals surface area contributed by atoms with E-state index in [4.69, 9.17) is 4.74 Å². The molecular weight excluding hydrogens is 272 g/mol. The molecule has 0 bridgehead atoms. The molecule has 0 aromatic carbocycles. The van der Waals surface area contributed by atoms with E-state index < -0.39 is 0 Å². The van der Waals surface area contributed by atoms with Crippen LogP contribution in [0.5, 0.6) is 0 Å². The Balaban J connectivity index is 1.76. The van der Waals surface area contributed by atoms with E-state index in [9.17, 15) is 4.79 Å². The van der Waals surface area contributed by atoms with Gasteiger partial charge in [0.25, 0.3) is 0 Å². The molecule has 122 valence electrons. The van der Waals surface area contributed by atoms with Crippen LogP contribution in [-0.2, 0) is 9.53 Å². The maximum absolute atomic E-state index is 12.0. The molecule has 3 aliphatic carbocycles. The van der Waals surface area contributed by atoms with Crippen molar-refractivity contribution in [2.24, 2.45) is 34.0 Å². The van der Waals surface area contributed by atoms with Gasteiger partial charge in [0, 0.05) is 11.5 Å². The summed E-state index contributed by atoms with van der Waals surface area (Å²) in [6, 6.07) is 0. The predicted octanol–water partition coefficient (Wildman–Crippen LogP) is 4.74. The highest BCUT2D eigenvalue weighted by atomic mass is 16.5. The SMILES string of the molecule is CC1(C)CCC[C@]2(C)C3CC=C4C(=O)OC[C@H]4[C@]3(C)CC[C@@H]12. The topological polar surface area (TPSA) is 26.3 Å². The number of carbonyl (C=O) groups excluding carboxylic acids is 1.